The number of carbonyl (C=O) groups excluding carboxylic acids is 1. The molecule has 0 bridgehead atoms. The first kappa shape index (κ1) is 17.3. The molecule has 1 heterocycles. The van der Waals surface area contributed by atoms with Gasteiger partial charge in [0.1, 0.15) is 0 Å². The van der Waals surface area contributed by atoms with E-state index in [0.717, 1.165) is 51.2 Å². The maximum Gasteiger partial charge on any atom is 0.226 e. The molecule has 0 radical (unpaired) electrons. The summed E-state index contributed by atoms with van der Waals surface area (Å²) in [6.07, 6.45) is 5.87. The number of amides is 1. The molecule has 1 aliphatic heterocycles. The second-order valence-electron chi connectivity index (χ2n) is 7.48. The molecule has 3 fully saturated rings. The summed E-state index contributed by atoms with van der Waals surface area (Å²) in [7, 11) is 0. The lowest BCUT2D eigenvalue weighted by Crippen LogP contribution is -2.56. The molecular weight excluding hydrogens is 314 g/mol. The van der Waals surface area contributed by atoms with Gasteiger partial charge in [0, 0.05) is 55.4 Å². The first-order valence-corrected chi connectivity index (χ1v) is 9.98. The van der Waals surface area contributed by atoms with Crippen molar-refractivity contribution in [2.75, 3.05) is 26.2 Å². The molecule has 0 aromatic rings. The molecule has 23 heavy (non-hydrogen) atoms. The number of rotatable bonds is 5. The van der Waals surface area contributed by atoms with Gasteiger partial charge in [-0.2, -0.15) is 0 Å². The Kier molecular flexibility index (Phi) is 5.72. The van der Waals surface area contributed by atoms with Gasteiger partial charge in [-0.3, -0.25) is 13.9 Å². The van der Waals surface area contributed by atoms with Crippen LogP contribution in [-0.2, 0) is 16.1 Å². The van der Waals surface area contributed by atoms with Crippen LogP contribution in [0, 0.1) is 11.8 Å². The Balaban J connectivity index is 1.45. The average Bonchev–Trinajstić information content (AvgIpc) is 3.31. The topological polar surface area (TPSA) is 75.7 Å². The molecule has 2 saturated carbocycles. The molecule has 6 nitrogen and oxygen atoms in total. The summed E-state index contributed by atoms with van der Waals surface area (Å²) in [5, 5.41) is 0. The van der Waals surface area contributed by atoms with Crippen molar-refractivity contribution in [3.05, 3.63) is 0 Å². The van der Waals surface area contributed by atoms with Crippen LogP contribution in [0.4, 0.5) is 0 Å². The number of hydrogen-bond donors (Lipinski definition) is 1. The monoisotopic (exact) mass is 342 g/mol. The highest BCUT2D eigenvalue weighted by molar-refractivity contribution is 7.77. The minimum atomic E-state index is -2.20. The fourth-order valence-corrected chi connectivity index (χ4v) is 4.53. The molecule has 1 saturated heterocycles. The van der Waals surface area contributed by atoms with Gasteiger partial charge < -0.3 is 9.45 Å². The SMILES string of the molecule is C[C@@H]1CN(CC2CC2)CCN1C(=O)C1CCC(NS(=O)[O-])CC1. The van der Waals surface area contributed by atoms with E-state index < -0.39 is 11.3 Å². The molecule has 1 unspecified atom stereocenters. The minimum absolute atomic E-state index is 0.00481. The van der Waals surface area contributed by atoms with Gasteiger partial charge in [-0.1, -0.05) is 0 Å². The fraction of sp³-hybridized carbons (Fsp3) is 0.938. The van der Waals surface area contributed by atoms with Crippen LogP contribution in [0.5, 0.6) is 0 Å². The van der Waals surface area contributed by atoms with Crippen molar-refractivity contribution in [2.45, 2.75) is 57.5 Å². The van der Waals surface area contributed by atoms with Crippen LogP contribution in [0.3, 0.4) is 0 Å². The highest BCUT2D eigenvalue weighted by atomic mass is 32.2. The molecule has 0 aromatic heterocycles. The molecule has 132 valence electrons. The van der Waals surface area contributed by atoms with E-state index in [2.05, 4.69) is 21.4 Å². The van der Waals surface area contributed by atoms with Crippen molar-refractivity contribution in [1.82, 2.24) is 14.5 Å². The van der Waals surface area contributed by atoms with E-state index in [9.17, 15) is 13.6 Å². The Morgan fingerprint density at radius 2 is 1.87 bits per heavy atom. The normalized spacial score (nSPS) is 34.3. The second kappa shape index (κ2) is 7.59. The Labute approximate surface area is 141 Å². The highest BCUT2D eigenvalue weighted by Crippen LogP contribution is 2.31. The van der Waals surface area contributed by atoms with Crippen molar-refractivity contribution >= 4 is 17.2 Å². The fourth-order valence-electron chi connectivity index (χ4n) is 4.02. The van der Waals surface area contributed by atoms with Gasteiger partial charge in [-0.05, 0) is 51.4 Å². The lowest BCUT2D eigenvalue weighted by atomic mass is 9.85. The van der Waals surface area contributed by atoms with Gasteiger partial charge in [0.2, 0.25) is 5.91 Å². The van der Waals surface area contributed by atoms with Crippen molar-refractivity contribution in [2.24, 2.45) is 11.8 Å². The standard InChI is InChI=1S/C16H29N3O3S/c1-12-10-18(11-13-2-3-13)8-9-19(12)16(20)14-4-6-15(7-5-14)17-23(21)22/h12-15,17H,2-11H2,1H3,(H,21,22)/p-1/t12-,14?,15?/m1/s1. The number of nitrogens with one attached hydrogen (secondary N) is 1. The molecular formula is C16H28N3O3S-. The Bertz CT molecular complexity index is 450. The highest BCUT2D eigenvalue weighted by Gasteiger charge is 2.35. The predicted molar refractivity (Wildman–Crippen MR) is 88.1 cm³/mol. The summed E-state index contributed by atoms with van der Waals surface area (Å²) in [6.45, 7) is 6.20. The van der Waals surface area contributed by atoms with Crippen LogP contribution >= 0.6 is 0 Å². The number of carbonyl (C=O) groups is 1. The maximum absolute atomic E-state index is 12.8. The van der Waals surface area contributed by atoms with Gasteiger partial charge in [-0.25, -0.2) is 4.72 Å². The zero-order valence-electron chi connectivity index (χ0n) is 13.9. The summed E-state index contributed by atoms with van der Waals surface area (Å²) < 4.78 is 23.9. The molecule has 2 aliphatic carbocycles. The van der Waals surface area contributed by atoms with E-state index in [4.69, 9.17) is 0 Å². The van der Waals surface area contributed by atoms with E-state index in [1.807, 2.05) is 0 Å². The molecule has 2 atom stereocenters. The molecule has 3 aliphatic rings. The third-order valence-corrected chi connectivity index (χ3v) is 6.07. The second-order valence-corrected chi connectivity index (χ2v) is 8.19. The van der Waals surface area contributed by atoms with Crippen molar-refractivity contribution in [3.8, 4) is 0 Å². The van der Waals surface area contributed by atoms with Crippen LogP contribution in [0.25, 0.3) is 0 Å². The zero-order chi connectivity index (χ0) is 16.4. The zero-order valence-corrected chi connectivity index (χ0v) is 14.7. The lowest BCUT2D eigenvalue weighted by molar-refractivity contribution is -0.141. The Morgan fingerprint density at radius 3 is 2.43 bits per heavy atom. The first-order valence-electron chi connectivity index (χ1n) is 8.91. The molecule has 3 rings (SSSR count). The van der Waals surface area contributed by atoms with Crippen LogP contribution in [-0.4, -0.2) is 62.7 Å². The van der Waals surface area contributed by atoms with E-state index in [1.54, 1.807) is 0 Å². The molecule has 0 aromatic carbocycles. The molecule has 0 spiro atoms. The van der Waals surface area contributed by atoms with Gasteiger partial charge >= 0.3 is 0 Å². The summed E-state index contributed by atoms with van der Waals surface area (Å²) >= 11 is -2.20. The minimum Gasteiger partial charge on any atom is -0.760 e. The van der Waals surface area contributed by atoms with Gasteiger partial charge in [0.25, 0.3) is 0 Å². The molecule has 7 heteroatoms. The lowest BCUT2D eigenvalue weighted by Gasteiger charge is -2.42. The largest absolute Gasteiger partial charge is 0.760 e. The Morgan fingerprint density at radius 1 is 1.17 bits per heavy atom. The first-order chi connectivity index (χ1) is 11.0. The van der Waals surface area contributed by atoms with E-state index in [-0.39, 0.29) is 17.9 Å². The number of hydrogen-bond acceptors (Lipinski definition) is 4. The third kappa shape index (κ3) is 4.75. The van der Waals surface area contributed by atoms with Gasteiger partial charge in [0.05, 0.1) is 0 Å². The summed E-state index contributed by atoms with van der Waals surface area (Å²) in [6, 6.07) is 0.296. The van der Waals surface area contributed by atoms with Crippen LogP contribution in [0.1, 0.15) is 45.4 Å². The van der Waals surface area contributed by atoms with Crippen molar-refractivity contribution in [1.29, 1.82) is 0 Å². The van der Waals surface area contributed by atoms with Crippen LogP contribution in [0.15, 0.2) is 0 Å². The maximum atomic E-state index is 12.8. The van der Waals surface area contributed by atoms with E-state index in [1.165, 1.54) is 19.4 Å². The summed E-state index contributed by atoms with van der Waals surface area (Å²) in [5.41, 5.74) is 0. The smallest absolute Gasteiger partial charge is 0.226 e. The van der Waals surface area contributed by atoms with Crippen molar-refractivity contribution in [3.63, 3.8) is 0 Å². The summed E-state index contributed by atoms with van der Waals surface area (Å²) in [5.74, 6) is 1.26. The van der Waals surface area contributed by atoms with E-state index >= 15 is 0 Å². The summed E-state index contributed by atoms with van der Waals surface area (Å²) in [4.78, 5) is 17.4. The molecule has 1 N–H and O–H groups in total. The van der Waals surface area contributed by atoms with Crippen LogP contribution in [0.2, 0.25) is 0 Å². The van der Waals surface area contributed by atoms with Gasteiger partial charge in [-0.15, -0.1) is 0 Å². The quantitative estimate of drug-likeness (QED) is 0.752. The van der Waals surface area contributed by atoms with Crippen molar-refractivity contribution < 1.29 is 13.6 Å². The van der Waals surface area contributed by atoms with Gasteiger partial charge in [0.15, 0.2) is 0 Å². The molecule has 1 amide bonds. The average molecular weight is 342 g/mol. The Hall–Kier alpha value is -0.500. The van der Waals surface area contributed by atoms with Crippen LogP contribution < -0.4 is 4.72 Å². The predicted octanol–water partition coefficient (Wildman–Crippen LogP) is 0.872. The third-order valence-electron chi connectivity index (χ3n) is 5.55. The number of nitrogens with zero attached hydrogens (tertiary/aromatic N) is 2. The number of piperazine rings is 1. The van der Waals surface area contributed by atoms with E-state index in [0.29, 0.717) is 6.04 Å².